The predicted molar refractivity (Wildman–Crippen MR) is 74.1 cm³/mol. The number of hydrogen-bond donors (Lipinski definition) is 2. The van der Waals surface area contributed by atoms with Crippen molar-refractivity contribution in [2.45, 2.75) is 32.6 Å². The number of nitrogens with one attached hydrogen (secondary N) is 1. The molecule has 19 heavy (non-hydrogen) atoms. The van der Waals surface area contributed by atoms with Gasteiger partial charge in [-0.1, -0.05) is 39.0 Å². The van der Waals surface area contributed by atoms with Crippen LogP contribution in [0.5, 0.6) is 0 Å². The number of carboxylic acids is 1. The normalized spacial score (nSPS) is 11.5. The number of aromatic nitrogens is 2. The molecule has 0 aliphatic carbocycles. The molecule has 4 nitrogen and oxygen atoms in total. The van der Waals surface area contributed by atoms with E-state index in [1.165, 1.54) is 0 Å². The Hall–Kier alpha value is -2.10. The highest BCUT2D eigenvalue weighted by Crippen LogP contribution is 2.25. The molecule has 0 bridgehead atoms. The standard InChI is InChI=1S/C15H18N2O2/c1-15(2,3)13-9-12(16-17-13)11-6-4-5-10(7-11)8-14(18)19/h4-7,9H,8H2,1-3H3,(H,16,17)(H,18,19). The first-order valence-corrected chi connectivity index (χ1v) is 6.23. The molecule has 0 amide bonds. The van der Waals surface area contributed by atoms with E-state index in [1.807, 2.05) is 30.3 Å². The van der Waals surface area contributed by atoms with Gasteiger partial charge in [-0.05, 0) is 17.7 Å². The molecule has 1 heterocycles. The molecular weight excluding hydrogens is 240 g/mol. The van der Waals surface area contributed by atoms with Crippen LogP contribution in [0, 0.1) is 0 Å². The van der Waals surface area contributed by atoms with E-state index < -0.39 is 5.97 Å². The predicted octanol–water partition coefficient (Wildman–Crippen LogP) is 3.00. The van der Waals surface area contributed by atoms with Crippen LogP contribution in [0.4, 0.5) is 0 Å². The number of benzene rings is 1. The molecule has 0 aliphatic rings. The summed E-state index contributed by atoms with van der Waals surface area (Å²) < 4.78 is 0. The Balaban J connectivity index is 2.31. The fourth-order valence-corrected chi connectivity index (χ4v) is 1.87. The summed E-state index contributed by atoms with van der Waals surface area (Å²) >= 11 is 0. The third-order valence-corrected chi connectivity index (χ3v) is 2.96. The first kappa shape index (κ1) is 13.3. The molecule has 0 spiro atoms. The number of nitrogens with zero attached hydrogens (tertiary/aromatic N) is 1. The Morgan fingerprint density at radius 1 is 1.32 bits per heavy atom. The molecule has 1 aromatic heterocycles. The zero-order valence-corrected chi connectivity index (χ0v) is 11.4. The van der Waals surface area contributed by atoms with Crippen molar-refractivity contribution in [3.63, 3.8) is 0 Å². The van der Waals surface area contributed by atoms with E-state index in [2.05, 4.69) is 31.0 Å². The Labute approximate surface area is 112 Å². The molecular formula is C15H18N2O2. The highest BCUT2D eigenvalue weighted by atomic mass is 16.4. The van der Waals surface area contributed by atoms with Crippen LogP contribution in [0.2, 0.25) is 0 Å². The maximum absolute atomic E-state index is 10.7. The van der Waals surface area contributed by atoms with Gasteiger partial charge in [-0.15, -0.1) is 0 Å². The second kappa shape index (κ2) is 4.88. The lowest BCUT2D eigenvalue weighted by molar-refractivity contribution is -0.136. The maximum Gasteiger partial charge on any atom is 0.307 e. The number of rotatable bonds is 3. The summed E-state index contributed by atoms with van der Waals surface area (Å²) in [4.78, 5) is 10.7. The summed E-state index contributed by atoms with van der Waals surface area (Å²) in [5.41, 5.74) is 3.64. The monoisotopic (exact) mass is 258 g/mol. The Bertz CT molecular complexity index is 594. The summed E-state index contributed by atoms with van der Waals surface area (Å²) in [5, 5.41) is 16.2. The summed E-state index contributed by atoms with van der Waals surface area (Å²) in [7, 11) is 0. The fraction of sp³-hybridized carbons (Fsp3) is 0.333. The first-order chi connectivity index (χ1) is 8.86. The van der Waals surface area contributed by atoms with Crippen molar-refractivity contribution >= 4 is 5.97 Å². The number of H-pyrrole nitrogens is 1. The molecule has 100 valence electrons. The zero-order valence-electron chi connectivity index (χ0n) is 11.4. The summed E-state index contributed by atoms with van der Waals surface area (Å²) in [6.45, 7) is 6.35. The van der Waals surface area contributed by atoms with Crippen molar-refractivity contribution in [2.75, 3.05) is 0 Å². The van der Waals surface area contributed by atoms with Gasteiger partial charge in [0.1, 0.15) is 0 Å². The van der Waals surface area contributed by atoms with E-state index in [1.54, 1.807) is 0 Å². The maximum atomic E-state index is 10.7. The Kier molecular flexibility index (Phi) is 3.42. The lowest BCUT2D eigenvalue weighted by Crippen LogP contribution is -2.11. The Morgan fingerprint density at radius 3 is 2.63 bits per heavy atom. The van der Waals surface area contributed by atoms with Crippen molar-refractivity contribution in [1.82, 2.24) is 10.2 Å². The molecule has 2 rings (SSSR count). The van der Waals surface area contributed by atoms with Gasteiger partial charge in [-0.25, -0.2) is 0 Å². The highest BCUT2D eigenvalue weighted by Gasteiger charge is 2.17. The molecule has 0 unspecified atom stereocenters. The van der Waals surface area contributed by atoms with Gasteiger partial charge >= 0.3 is 5.97 Å². The van der Waals surface area contributed by atoms with Crippen LogP contribution in [0.3, 0.4) is 0 Å². The van der Waals surface area contributed by atoms with E-state index in [0.29, 0.717) is 0 Å². The second-order valence-corrected chi connectivity index (χ2v) is 5.69. The van der Waals surface area contributed by atoms with Crippen LogP contribution in [-0.4, -0.2) is 21.3 Å². The minimum Gasteiger partial charge on any atom is -0.481 e. The molecule has 1 aromatic carbocycles. The topological polar surface area (TPSA) is 66.0 Å². The van der Waals surface area contributed by atoms with Gasteiger partial charge in [0.2, 0.25) is 0 Å². The molecule has 4 heteroatoms. The van der Waals surface area contributed by atoms with E-state index in [9.17, 15) is 4.79 Å². The first-order valence-electron chi connectivity index (χ1n) is 6.23. The minimum absolute atomic E-state index is 0.0178. The van der Waals surface area contributed by atoms with Crippen molar-refractivity contribution < 1.29 is 9.90 Å². The van der Waals surface area contributed by atoms with Gasteiger partial charge in [0, 0.05) is 16.7 Å². The molecule has 0 saturated carbocycles. The quantitative estimate of drug-likeness (QED) is 0.889. The molecule has 0 atom stereocenters. The smallest absolute Gasteiger partial charge is 0.307 e. The number of aromatic amines is 1. The molecule has 0 radical (unpaired) electrons. The largest absolute Gasteiger partial charge is 0.481 e. The summed E-state index contributed by atoms with van der Waals surface area (Å²) in [6.07, 6.45) is 0.0321. The van der Waals surface area contributed by atoms with Crippen LogP contribution in [0.25, 0.3) is 11.3 Å². The average Bonchev–Trinajstić information content (AvgIpc) is 2.77. The SMILES string of the molecule is CC(C)(C)c1cc(-c2cccc(CC(=O)O)c2)n[nH]1. The van der Waals surface area contributed by atoms with Gasteiger partial charge in [0.05, 0.1) is 12.1 Å². The zero-order chi connectivity index (χ0) is 14.0. The summed E-state index contributed by atoms with van der Waals surface area (Å²) in [6, 6.07) is 9.50. The fourth-order valence-electron chi connectivity index (χ4n) is 1.87. The van der Waals surface area contributed by atoms with Crippen LogP contribution in [0.1, 0.15) is 32.0 Å². The van der Waals surface area contributed by atoms with Gasteiger partial charge in [-0.2, -0.15) is 5.10 Å². The van der Waals surface area contributed by atoms with E-state index in [0.717, 1.165) is 22.5 Å². The molecule has 0 fully saturated rings. The summed E-state index contributed by atoms with van der Waals surface area (Å²) in [5.74, 6) is -0.824. The van der Waals surface area contributed by atoms with Crippen molar-refractivity contribution in [1.29, 1.82) is 0 Å². The number of aliphatic carboxylic acids is 1. The molecule has 0 aliphatic heterocycles. The van der Waals surface area contributed by atoms with Crippen molar-refractivity contribution in [3.05, 3.63) is 41.6 Å². The third-order valence-electron chi connectivity index (χ3n) is 2.96. The van der Waals surface area contributed by atoms with E-state index in [4.69, 9.17) is 5.11 Å². The average molecular weight is 258 g/mol. The minimum atomic E-state index is -0.824. The molecule has 2 aromatic rings. The van der Waals surface area contributed by atoms with E-state index >= 15 is 0 Å². The van der Waals surface area contributed by atoms with Crippen LogP contribution >= 0.6 is 0 Å². The molecule has 0 saturated heterocycles. The van der Waals surface area contributed by atoms with Gasteiger partial charge in [0.15, 0.2) is 0 Å². The lowest BCUT2D eigenvalue weighted by Gasteiger charge is -2.14. The highest BCUT2D eigenvalue weighted by molar-refractivity contribution is 5.71. The van der Waals surface area contributed by atoms with Gasteiger partial charge in [-0.3, -0.25) is 9.89 Å². The van der Waals surface area contributed by atoms with Crippen molar-refractivity contribution in [2.24, 2.45) is 0 Å². The molecule has 2 N–H and O–H groups in total. The number of carbonyl (C=O) groups is 1. The third kappa shape index (κ3) is 3.22. The van der Waals surface area contributed by atoms with Crippen molar-refractivity contribution in [3.8, 4) is 11.3 Å². The Morgan fingerprint density at radius 2 is 2.05 bits per heavy atom. The van der Waals surface area contributed by atoms with Gasteiger partial charge in [0.25, 0.3) is 0 Å². The van der Waals surface area contributed by atoms with Crippen LogP contribution in [-0.2, 0) is 16.6 Å². The van der Waals surface area contributed by atoms with Crippen LogP contribution < -0.4 is 0 Å². The van der Waals surface area contributed by atoms with E-state index in [-0.39, 0.29) is 11.8 Å². The lowest BCUT2D eigenvalue weighted by atomic mass is 9.92. The number of hydrogen-bond acceptors (Lipinski definition) is 2. The van der Waals surface area contributed by atoms with Gasteiger partial charge < -0.3 is 5.11 Å². The number of carboxylic acid groups (broad SMARTS) is 1. The second-order valence-electron chi connectivity index (χ2n) is 5.69. The van der Waals surface area contributed by atoms with Crippen LogP contribution in [0.15, 0.2) is 30.3 Å².